The molecule has 2 aliphatic heterocycles. The van der Waals surface area contributed by atoms with Crippen molar-refractivity contribution in [1.82, 2.24) is 24.8 Å². The van der Waals surface area contributed by atoms with Gasteiger partial charge in [0.15, 0.2) is 5.78 Å². The summed E-state index contributed by atoms with van der Waals surface area (Å²) in [5, 5.41) is 8.26. The van der Waals surface area contributed by atoms with E-state index in [-0.39, 0.29) is 42.4 Å². The van der Waals surface area contributed by atoms with Gasteiger partial charge in [-0.05, 0) is 85.8 Å². The van der Waals surface area contributed by atoms with Crippen LogP contribution in [0.3, 0.4) is 0 Å². The van der Waals surface area contributed by atoms with Crippen molar-refractivity contribution in [2.24, 2.45) is 24.6 Å². The number of nitrogens with zero attached hydrogens (tertiary/aromatic N) is 5. The Balaban J connectivity index is 1.25. The average molecular weight is 603 g/mol. The number of rotatable bonds is 12. The molecule has 0 unspecified atom stereocenters. The van der Waals surface area contributed by atoms with Crippen molar-refractivity contribution < 1.29 is 19.1 Å². The van der Waals surface area contributed by atoms with E-state index in [2.05, 4.69) is 24.2 Å². The Morgan fingerprint density at radius 2 is 1.80 bits per heavy atom. The topological polar surface area (TPSA) is 124 Å². The van der Waals surface area contributed by atoms with Gasteiger partial charge >= 0.3 is 0 Å². The summed E-state index contributed by atoms with van der Waals surface area (Å²) < 4.78 is 7.02. The molecule has 10 heteroatoms. The summed E-state index contributed by atoms with van der Waals surface area (Å²) in [7, 11) is 3.49. The predicted molar refractivity (Wildman–Crippen MR) is 169 cm³/mol. The van der Waals surface area contributed by atoms with Crippen molar-refractivity contribution in [2.45, 2.75) is 83.3 Å². The molecule has 0 spiro atoms. The lowest BCUT2D eigenvalue weighted by atomic mass is 9.94. The third-order valence-electron chi connectivity index (χ3n) is 9.44. The minimum absolute atomic E-state index is 0.0370. The molecular weight excluding hydrogens is 556 g/mol. The molecule has 236 valence electrons. The van der Waals surface area contributed by atoms with E-state index in [9.17, 15) is 14.4 Å². The molecule has 2 fully saturated rings. The lowest BCUT2D eigenvalue weighted by Gasteiger charge is -2.29. The zero-order valence-corrected chi connectivity index (χ0v) is 26.4. The zero-order valence-electron chi connectivity index (χ0n) is 26.4. The van der Waals surface area contributed by atoms with E-state index in [0.717, 1.165) is 53.7 Å². The molecular formula is C34H46N6O4. The Labute approximate surface area is 259 Å². The molecule has 2 aromatic carbocycles. The van der Waals surface area contributed by atoms with Crippen LogP contribution in [0, 0.1) is 11.8 Å². The first-order chi connectivity index (χ1) is 21.1. The number of carbonyl (C=O) groups is 3. The normalized spacial score (nSPS) is 20.9. The predicted octanol–water partition coefficient (Wildman–Crippen LogP) is 3.69. The molecule has 2 amide bonds. The average Bonchev–Trinajstić information content (AvgIpc) is 3.77. The third-order valence-corrected chi connectivity index (χ3v) is 9.44. The van der Waals surface area contributed by atoms with E-state index >= 15 is 0 Å². The van der Waals surface area contributed by atoms with Gasteiger partial charge in [-0.25, -0.2) is 4.68 Å². The van der Waals surface area contributed by atoms with E-state index in [1.165, 1.54) is 0 Å². The van der Waals surface area contributed by atoms with Gasteiger partial charge in [0.25, 0.3) is 0 Å². The van der Waals surface area contributed by atoms with Crippen LogP contribution in [0.2, 0.25) is 0 Å². The minimum atomic E-state index is -0.826. The van der Waals surface area contributed by atoms with Crippen molar-refractivity contribution in [3.8, 4) is 5.75 Å². The summed E-state index contributed by atoms with van der Waals surface area (Å²) in [6, 6.07) is 12.8. The first kappa shape index (κ1) is 31.6. The number of ether oxygens (including phenoxy) is 1. The fourth-order valence-electron chi connectivity index (χ4n) is 6.94. The van der Waals surface area contributed by atoms with Crippen LogP contribution in [-0.4, -0.2) is 80.7 Å². The summed E-state index contributed by atoms with van der Waals surface area (Å²) in [6.07, 6.45) is 4.76. The van der Waals surface area contributed by atoms with Gasteiger partial charge in [0.2, 0.25) is 11.8 Å². The highest BCUT2D eigenvalue weighted by Crippen LogP contribution is 2.30. The number of aryl methyl sites for hydroxylation is 2. The van der Waals surface area contributed by atoms with Gasteiger partial charge in [-0.3, -0.25) is 14.4 Å². The van der Waals surface area contributed by atoms with E-state index in [4.69, 9.17) is 10.5 Å². The van der Waals surface area contributed by atoms with Crippen LogP contribution in [0.1, 0.15) is 63.5 Å². The molecule has 0 radical (unpaired) electrons. The molecule has 4 atom stereocenters. The number of nitrogens with two attached hydrogens (primary N) is 1. The highest BCUT2D eigenvalue weighted by molar-refractivity contribution is 5.92. The van der Waals surface area contributed by atoms with Gasteiger partial charge in [0.1, 0.15) is 11.3 Å². The Bertz CT molecular complexity index is 1470. The Morgan fingerprint density at radius 1 is 1.05 bits per heavy atom. The van der Waals surface area contributed by atoms with E-state index < -0.39 is 12.1 Å². The Hall–Kier alpha value is -3.79. The van der Waals surface area contributed by atoms with Crippen LogP contribution in [0.15, 0.2) is 42.5 Å². The number of methoxy groups -OCH3 is 1. The number of benzene rings is 2. The molecule has 1 aromatic heterocycles. The number of hydrogen-bond acceptors (Lipinski definition) is 7. The second-order valence-electron chi connectivity index (χ2n) is 12.8. The molecule has 0 aliphatic carbocycles. The van der Waals surface area contributed by atoms with E-state index in [1.54, 1.807) is 16.7 Å². The van der Waals surface area contributed by atoms with Crippen molar-refractivity contribution >= 4 is 28.6 Å². The van der Waals surface area contributed by atoms with Crippen molar-refractivity contribution in [3.63, 3.8) is 0 Å². The van der Waals surface area contributed by atoms with E-state index in [0.29, 0.717) is 31.7 Å². The molecule has 2 aliphatic rings. The summed E-state index contributed by atoms with van der Waals surface area (Å²) in [6.45, 7) is 5.53. The van der Waals surface area contributed by atoms with Crippen molar-refractivity contribution in [1.29, 1.82) is 0 Å². The first-order valence-corrected chi connectivity index (χ1v) is 15.9. The molecule has 5 rings (SSSR count). The van der Waals surface area contributed by atoms with Crippen LogP contribution < -0.4 is 10.5 Å². The quantitative estimate of drug-likeness (QED) is 0.335. The standard InChI is InChI=1S/C34H46N6O4/c1-22(2)29-6-5-17-39(29)33(42)16-13-27(35)34(43)40-21-25(18-23-7-11-26(44-4)12-8-23)20-31(40)32(41)15-10-24-9-14-30-28(19-24)36-37-38(30)3/h7-9,11-12,14,19,22,25,27,29,31H,5-6,10,13,15-18,20-21,35H2,1-4H3/t25-,27-,29-,31+/m1/s1. The maximum atomic E-state index is 13.8. The molecule has 10 nitrogen and oxygen atoms in total. The lowest BCUT2D eigenvalue weighted by Crippen LogP contribution is -2.49. The van der Waals surface area contributed by atoms with Crippen LogP contribution >= 0.6 is 0 Å². The number of likely N-dealkylation sites (tertiary alicyclic amines) is 2. The van der Waals surface area contributed by atoms with Gasteiger partial charge in [0.05, 0.1) is 24.7 Å². The second kappa shape index (κ2) is 13.9. The van der Waals surface area contributed by atoms with Gasteiger partial charge in [-0.1, -0.05) is 37.3 Å². The van der Waals surface area contributed by atoms with Crippen LogP contribution in [0.5, 0.6) is 5.75 Å². The fourth-order valence-corrected chi connectivity index (χ4v) is 6.94. The smallest absolute Gasteiger partial charge is 0.240 e. The van der Waals surface area contributed by atoms with Gasteiger partial charge in [0, 0.05) is 39.0 Å². The maximum Gasteiger partial charge on any atom is 0.240 e. The van der Waals surface area contributed by atoms with Crippen molar-refractivity contribution in [3.05, 3.63) is 53.6 Å². The number of hydrogen-bond donors (Lipinski definition) is 1. The zero-order chi connectivity index (χ0) is 31.4. The van der Waals surface area contributed by atoms with Gasteiger partial charge < -0.3 is 20.3 Å². The number of ketones is 1. The first-order valence-electron chi connectivity index (χ1n) is 15.9. The van der Waals surface area contributed by atoms with Gasteiger partial charge in [-0.2, -0.15) is 0 Å². The fraction of sp³-hybridized carbons (Fsp3) is 0.559. The Kier molecular flexibility index (Phi) is 9.98. The molecule has 0 bridgehead atoms. The van der Waals surface area contributed by atoms with Crippen LogP contribution in [0.25, 0.3) is 11.0 Å². The summed E-state index contributed by atoms with van der Waals surface area (Å²) >= 11 is 0. The summed E-state index contributed by atoms with van der Waals surface area (Å²) in [5.74, 6) is 1.18. The number of fused-ring (bicyclic) bond motifs is 1. The van der Waals surface area contributed by atoms with Crippen LogP contribution in [0.4, 0.5) is 0 Å². The largest absolute Gasteiger partial charge is 0.497 e. The number of amides is 2. The molecule has 2 saturated heterocycles. The number of carbonyl (C=O) groups excluding carboxylic acids is 3. The van der Waals surface area contributed by atoms with Crippen LogP contribution in [-0.2, 0) is 34.3 Å². The van der Waals surface area contributed by atoms with Gasteiger partial charge in [-0.15, -0.1) is 5.10 Å². The highest BCUT2D eigenvalue weighted by Gasteiger charge is 2.41. The number of aromatic nitrogens is 3. The SMILES string of the molecule is COc1ccc(C[C@@H]2C[C@@H](C(=O)CCc3ccc4c(c3)nnn4C)N(C(=O)[C@H](N)CCC(=O)N3CCC[C@@H]3C(C)C)C2)cc1. The molecule has 0 saturated carbocycles. The lowest BCUT2D eigenvalue weighted by molar-refractivity contribution is -0.139. The molecule has 3 aromatic rings. The van der Waals surface area contributed by atoms with Crippen molar-refractivity contribution in [2.75, 3.05) is 20.2 Å². The number of Topliss-reactive ketones (excluding diaryl/α,β-unsaturated/α-hetero) is 1. The third kappa shape index (κ3) is 7.12. The molecule has 3 heterocycles. The minimum Gasteiger partial charge on any atom is -0.497 e. The summed E-state index contributed by atoms with van der Waals surface area (Å²) in [4.78, 5) is 44.2. The monoisotopic (exact) mass is 602 g/mol. The highest BCUT2D eigenvalue weighted by atomic mass is 16.5. The summed E-state index contributed by atoms with van der Waals surface area (Å²) in [5.41, 5.74) is 10.3. The van der Waals surface area contributed by atoms with E-state index in [1.807, 2.05) is 54.4 Å². The maximum absolute atomic E-state index is 13.8. The molecule has 44 heavy (non-hydrogen) atoms. The second-order valence-corrected chi connectivity index (χ2v) is 12.8. The Morgan fingerprint density at radius 3 is 2.52 bits per heavy atom. The molecule has 2 N–H and O–H groups in total.